The molecule has 0 heterocycles. The number of nitrogens with one attached hydrogen (secondary N) is 1. The molecule has 1 fully saturated rings. The Morgan fingerprint density at radius 2 is 1.89 bits per heavy atom. The van der Waals surface area contributed by atoms with Crippen molar-refractivity contribution in [1.82, 2.24) is 10.2 Å². The first-order valence-corrected chi connectivity index (χ1v) is 7.89. The summed E-state index contributed by atoms with van der Waals surface area (Å²) < 4.78 is 0. The van der Waals surface area contributed by atoms with Gasteiger partial charge >= 0.3 is 0 Å². The van der Waals surface area contributed by atoms with Crippen LogP contribution in [0.5, 0.6) is 0 Å². The van der Waals surface area contributed by atoms with Crippen LogP contribution in [0.3, 0.4) is 0 Å². The molecule has 0 spiro atoms. The first-order chi connectivity index (χ1) is 9.18. The fourth-order valence-electron chi connectivity index (χ4n) is 3.01. The highest BCUT2D eigenvalue weighted by molar-refractivity contribution is 5.83. The summed E-state index contributed by atoms with van der Waals surface area (Å²) in [6.07, 6.45) is 6.61. The van der Waals surface area contributed by atoms with Crippen LogP contribution in [0.1, 0.15) is 52.4 Å². The van der Waals surface area contributed by atoms with Crippen LogP contribution in [0, 0.1) is 5.41 Å². The van der Waals surface area contributed by atoms with Gasteiger partial charge in [-0.3, -0.25) is 4.79 Å². The van der Waals surface area contributed by atoms with Crippen molar-refractivity contribution in [3.8, 4) is 0 Å². The van der Waals surface area contributed by atoms with Gasteiger partial charge in [0.2, 0.25) is 5.91 Å². The van der Waals surface area contributed by atoms with Gasteiger partial charge in [-0.15, -0.1) is 0 Å². The van der Waals surface area contributed by atoms with Crippen LogP contribution >= 0.6 is 0 Å². The highest BCUT2D eigenvalue weighted by Crippen LogP contribution is 2.35. The van der Waals surface area contributed by atoms with Crippen LogP contribution < -0.4 is 11.1 Å². The first kappa shape index (κ1) is 16.4. The van der Waals surface area contributed by atoms with Gasteiger partial charge < -0.3 is 16.0 Å². The molecule has 0 radical (unpaired) electrons. The van der Waals surface area contributed by atoms with E-state index in [9.17, 15) is 4.79 Å². The predicted molar refractivity (Wildman–Crippen MR) is 80.0 cm³/mol. The second kappa shape index (κ2) is 8.54. The molecule has 0 saturated heterocycles. The van der Waals surface area contributed by atoms with Crippen molar-refractivity contribution in [2.45, 2.75) is 52.4 Å². The Morgan fingerprint density at radius 1 is 1.21 bits per heavy atom. The predicted octanol–water partition coefficient (Wildman–Crippen LogP) is 1.74. The van der Waals surface area contributed by atoms with Crippen molar-refractivity contribution in [1.29, 1.82) is 0 Å². The highest BCUT2D eigenvalue weighted by atomic mass is 16.2. The van der Waals surface area contributed by atoms with E-state index < -0.39 is 0 Å². The zero-order valence-electron chi connectivity index (χ0n) is 12.7. The lowest BCUT2D eigenvalue weighted by atomic mass is 9.73. The zero-order valence-corrected chi connectivity index (χ0v) is 12.7. The largest absolute Gasteiger partial charge is 0.354 e. The standard InChI is InChI=1S/C15H31N3O/c1-3-11-18(4-2)12-10-17-14(19)15(13-16)8-6-5-7-9-15/h3-13,16H2,1-2H3,(H,17,19). The van der Waals surface area contributed by atoms with Gasteiger partial charge in [-0.05, 0) is 32.4 Å². The molecule has 4 heteroatoms. The molecule has 19 heavy (non-hydrogen) atoms. The smallest absolute Gasteiger partial charge is 0.227 e. The number of carbonyl (C=O) groups excluding carboxylic acids is 1. The number of carbonyl (C=O) groups is 1. The Kier molecular flexibility index (Phi) is 7.39. The number of hydrogen-bond acceptors (Lipinski definition) is 3. The summed E-state index contributed by atoms with van der Waals surface area (Å²) in [5, 5.41) is 3.11. The van der Waals surface area contributed by atoms with E-state index in [1.54, 1.807) is 0 Å². The van der Waals surface area contributed by atoms with Crippen molar-refractivity contribution in [2.75, 3.05) is 32.7 Å². The second-order valence-electron chi connectivity index (χ2n) is 5.74. The summed E-state index contributed by atoms with van der Waals surface area (Å²) >= 11 is 0. The van der Waals surface area contributed by atoms with Gasteiger partial charge in [0, 0.05) is 19.6 Å². The minimum Gasteiger partial charge on any atom is -0.354 e. The van der Waals surface area contributed by atoms with Gasteiger partial charge in [-0.25, -0.2) is 0 Å². The molecule has 1 rings (SSSR count). The fourth-order valence-corrected chi connectivity index (χ4v) is 3.01. The van der Waals surface area contributed by atoms with Crippen LogP contribution in [0.15, 0.2) is 0 Å². The van der Waals surface area contributed by atoms with E-state index in [1.165, 1.54) is 6.42 Å². The number of hydrogen-bond donors (Lipinski definition) is 2. The van der Waals surface area contributed by atoms with Crippen LogP contribution in [0.4, 0.5) is 0 Å². The third kappa shape index (κ3) is 4.77. The molecule has 3 N–H and O–H groups in total. The Labute approximate surface area is 118 Å². The number of amides is 1. The van der Waals surface area contributed by atoms with Crippen LogP contribution in [0.25, 0.3) is 0 Å². The molecule has 0 aromatic carbocycles. The van der Waals surface area contributed by atoms with Crippen LogP contribution in [-0.2, 0) is 4.79 Å². The molecule has 112 valence electrons. The van der Waals surface area contributed by atoms with Crippen molar-refractivity contribution in [3.05, 3.63) is 0 Å². The summed E-state index contributed by atoms with van der Waals surface area (Å²) in [5.41, 5.74) is 5.60. The van der Waals surface area contributed by atoms with Crippen molar-refractivity contribution < 1.29 is 4.79 Å². The van der Waals surface area contributed by atoms with Gasteiger partial charge in [0.15, 0.2) is 0 Å². The van der Waals surface area contributed by atoms with E-state index in [0.29, 0.717) is 6.54 Å². The maximum Gasteiger partial charge on any atom is 0.227 e. The average molecular weight is 269 g/mol. The van der Waals surface area contributed by atoms with Gasteiger partial charge in [-0.2, -0.15) is 0 Å². The van der Waals surface area contributed by atoms with Gasteiger partial charge in [0.1, 0.15) is 0 Å². The SMILES string of the molecule is CCCN(CC)CCNC(=O)C1(CN)CCCCC1. The molecule has 1 amide bonds. The van der Waals surface area contributed by atoms with E-state index in [-0.39, 0.29) is 11.3 Å². The Morgan fingerprint density at radius 3 is 2.42 bits per heavy atom. The summed E-state index contributed by atoms with van der Waals surface area (Å²) in [6, 6.07) is 0. The quantitative estimate of drug-likeness (QED) is 0.706. The van der Waals surface area contributed by atoms with Gasteiger partial charge in [0.25, 0.3) is 0 Å². The summed E-state index contributed by atoms with van der Waals surface area (Å²) in [6.45, 7) is 8.68. The maximum absolute atomic E-state index is 12.4. The first-order valence-electron chi connectivity index (χ1n) is 7.89. The summed E-state index contributed by atoms with van der Waals surface area (Å²) in [4.78, 5) is 14.7. The summed E-state index contributed by atoms with van der Waals surface area (Å²) in [7, 11) is 0. The minimum atomic E-state index is -0.278. The van der Waals surface area contributed by atoms with Crippen molar-refractivity contribution >= 4 is 5.91 Å². The zero-order chi connectivity index (χ0) is 14.1. The minimum absolute atomic E-state index is 0.183. The lowest BCUT2D eigenvalue weighted by Gasteiger charge is -2.34. The Hall–Kier alpha value is -0.610. The Balaban J connectivity index is 2.36. The van der Waals surface area contributed by atoms with Gasteiger partial charge in [-0.1, -0.05) is 33.1 Å². The second-order valence-corrected chi connectivity index (χ2v) is 5.74. The lowest BCUT2D eigenvalue weighted by molar-refractivity contribution is -0.132. The molecule has 0 atom stereocenters. The molecule has 0 aromatic heterocycles. The molecule has 4 nitrogen and oxygen atoms in total. The third-order valence-corrected chi connectivity index (χ3v) is 4.38. The lowest BCUT2D eigenvalue weighted by Crippen LogP contribution is -2.48. The van der Waals surface area contributed by atoms with Crippen molar-refractivity contribution in [2.24, 2.45) is 11.1 Å². The molecule has 1 saturated carbocycles. The number of rotatable bonds is 8. The molecular formula is C15H31N3O. The summed E-state index contributed by atoms with van der Waals surface area (Å²) in [5.74, 6) is 0.183. The van der Waals surface area contributed by atoms with Crippen molar-refractivity contribution in [3.63, 3.8) is 0 Å². The maximum atomic E-state index is 12.4. The number of nitrogens with zero attached hydrogens (tertiary/aromatic N) is 1. The van der Waals surface area contributed by atoms with E-state index in [2.05, 4.69) is 24.1 Å². The number of nitrogens with two attached hydrogens (primary N) is 1. The molecule has 0 bridgehead atoms. The number of likely N-dealkylation sites (N-methyl/N-ethyl adjacent to an activating group) is 1. The fraction of sp³-hybridized carbons (Fsp3) is 0.933. The van der Waals surface area contributed by atoms with Crippen LogP contribution in [-0.4, -0.2) is 43.5 Å². The normalized spacial score (nSPS) is 18.5. The molecule has 1 aliphatic rings. The third-order valence-electron chi connectivity index (χ3n) is 4.38. The topological polar surface area (TPSA) is 58.4 Å². The Bertz CT molecular complexity index is 262. The monoisotopic (exact) mass is 269 g/mol. The molecule has 0 unspecified atom stereocenters. The molecule has 1 aliphatic carbocycles. The highest BCUT2D eigenvalue weighted by Gasteiger charge is 2.37. The van der Waals surface area contributed by atoms with E-state index in [4.69, 9.17) is 5.73 Å². The van der Waals surface area contributed by atoms with Gasteiger partial charge in [0.05, 0.1) is 5.41 Å². The average Bonchev–Trinajstić information content (AvgIpc) is 2.46. The van der Waals surface area contributed by atoms with E-state index in [0.717, 1.165) is 58.3 Å². The molecular weight excluding hydrogens is 238 g/mol. The van der Waals surface area contributed by atoms with E-state index >= 15 is 0 Å². The molecule has 0 aliphatic heterocycles. The van der Waals surface area contributed by atoms with Crippen LogP contribution in [0.2, 0.25) is 0 Å². The van der Waals surface area contributed by atoms with E-state index in [1.807, 2.05) is 0 Å². The molecule has 0 aromatic rings.